The van der Waals surface area contributed by atoms with E-state index >= 15 is 0 Å². The van der Waals surface area contributed by atoms with Gasteiger partial charge in [-0.25, -0.2) is 4.99 Å². The number of hydrogen-bond donors (Lipinski definition) is 0. The van der Waals surface area contributed by atoms with Gasteiger partial charge in [-0.2, -0.15) is 0 Å². The van der Waals surface area contributed by atoms with Crippen molar-refractivity contribution in [3.8, 4) is 33.6 Å². The molecule has 0 fully saturated rings. The Morgan fingerprint density at radius 2 is 1.24 bits per heavy atom. The van der Waals surface area contributed by atoms with Gasteiger partial charge < -0.3 is 13.9 Å². The molecule has 8 aromatic carbocycles. The van der Waals surface area contributed by atoms with Gasteiger partial charge in [-0.15, -0.1) is 11.3 Å². The van der Waals surface area contributed by atoms with Crippen LogP contribution in [0, 0.1) is 0 Å². The molecule has 11 aromatic rings. The molecule has 3 aromatic heterocycles. The van der Waals surface area contributed by atoms with E-state index in [4.69, 9.17) is 9.73 Å². The summed E-state index contributed by atoms with van der Waals surface area (Å²) in [6, 6.07) is 65.7. The van der Waals surface area contributed by atoms with Gasteiger partial charge in [0, 0.05) is 69.5 Å². The monoisotopic (exact) mass is 889 g/mol. The molecule has 2 unspecified atom stereocenters. The van der Waals surface area contributed by atoms with Crippen molar-refractivity contribution in [1.29, 1.82) is 0 Å². The van der Waals surface area contributed by atoms with Gasteiger partial charge in [0.1, 0.15) is 12.1 Å². The lowest BCUT2D eigenvalue weighted by atomic mass is 9.95. The van der Waals surface area contributed by atoms with Gasteiger partial charge in [0.25, 0.3) is 0 Å². The molecule has 0 N–H and O–H groups in total. The average Bonchev–Trinajstić information content (AvgIpc) is 4.13. The van der Waals surface area contributed by atoms with E-state index < -0.39 is 0 Å². The zero-order valence-electron chi connectivity index (χ0n) is 33.8. The van der Waals surface area contributed by atoms with Gasteiger partial charge in [0.05, 0.1) is 16.6 Å². The molecule has 6 heteroatoms. The fourth-order valence-corrected chi connectivity index (χ4v) is 11.5. The maximum absolute atomic E-state index is 6.33. The van der Waals surface area contributed by atoms with Crippen LogP contribution in [0.2, 0.25) is 0 Å². The smallest absolute Gasteiger partial charge is 0.217 e. The maximum atomic E-state index is 6.33. The Kier molecular flexibility index (Phi) is 8.33. The van der Waals surface area contributed by atoms with E-state index in [1.807, 2.05) is 29.5 Å². The van der Waals surface area contributed by atoms with Crippen molar-refractivity contribution >= 4 is 91.6 Å². The summed E-state index contributed by atoms with van der Waals surface area (Å²) in [7, 11) is 0. The lowest BCUT2D eigenvalue weighted by Crippen LogP contribution is -2.20. The minimum Gasteiger partial charge on any atom is -0.467 e. The first-order valence-corrected chi connectivity index (χ1v) is 22.9. The molecule has 13 rings (SSSR count). The van der Waals surface area contributed by atoms with Crippen LogP contribution in [0.25, 0.3) is 92.1 Å². The van der Waals surface area contributed by atoms with Crippen LogP contribution in [0.3, 0.4) is 0 Å². The second kappa shape index (κ2) is 14.4. The molecule has 0 bridgehead atoms. The number of para-hydroxylation sites is 1. The first kappa shape index (κ1) is 36.4. The molecular weight excluding hydrogens is 855 g/mol. The number of ether oxygens (including phenoxy) is 1. The molecule has 0 saturated heterocycles. The van der Waals surface area contributed by atoms with Gasteiger partial charge in [0.15, 0.2) is 0 Å². The Morgan fingerprint density at radius 1 is 0.524 bits per heavy atom. The molecule has 4 heterocycles. The van der Waals surface area contributed by atoms with Crippen molar-refractivity contribution in [3.05, 3.63) is 222 Å². The fraction of sp³-hybridized carbons (Fsp3) is 0.0351. The Morgan fingerprint density at radius 3 is 2.08 bits per heavy atom. The highest BCUT2D eigenvalue weighted by Gasteiger charge is 2.31. The van der Waals surface area contributed by atoms with Crippen molar-refractivity contribution in [2.45, 2.75) is 12.1 Å². The maximum Gasteiger partial charge on any atom is 0.217 e. The highest BCUT2D eigenvalue weighted by Crippen LogP contribution is 2.44. The summed E-state index contributed by atoms with van der Waals surface area (Å²) in [6.07, 6.45) is 8.70. The summed E-state index contributed by atoms with van der Waals surface area (Å²) in [5.41, 5.74) is 13.9. The molecule has 0 radical (unpaired) electrons. The fourth-order valence-electron chi connectivity index (χ4n) is 9.77. The average molecular weight is 891 g/mol. The number of benzene rings is 8. The number of hydrogen-bond acceptors (Lipinski definition) is 3. The molecule has 2 atom stereocenters. The van der Waals surface area contributed by atoms with Crippen LogP contribution in [0.1, 0.15) is 11.1 Å². The summed E-state index contributed by atoms with van der Waals surface area (Å²) in [5.74, 6) is 0.701. The van der Waals surface area contributed by atoms with Gasteiger partial charge in [-0.05, 0) is 107 Å². The minimum absolute atomic E-state index is 0.0828. The third-order valence-electron chi connectivity index (χ3n) is 12.8. The van der Waals surface area contributed by atoms with E-state index in [9.17, 15) is 0 Å². The number of fused-ring (bicyclic) bond motifs is 8. The summed E-state index contributed by atoms with van der Waals surface area (Å²) in [6.45, 7) is 0. The number of allylic oxidation sites excluding steroid dienone is 2. The first-order chi connectivity index (χ1) is 31.1. The van der Waals surface area contributed by atoms with Gasteiger partial charge in [0.2, 0.25) is 5.90 Å². The van der Waals surface area contributed by atoms with Gasteiger partial charge >= 0.3 is 0 Å². The highest BCUT2D eigenvalue weighted by atomic mass is 79.9. The SMILES string of the molecule is Brc1ccccc1-c1cccc2c1sc1cc(-n3c4cc(C5=CC6N=C(c7ccccc7)OC6C=C5)ccc4c4ccc(-c5cccc6c5ccn6-c5ccccc5)cc43)ccc12. The lowest BCUT2D eigenvalue weighted by Gasteiger charge is -2.17. The van der Waals surface area contributed by atoms with E-state index in [-0.39, 0.29) is 12.1 Å². The third kappa shape index (κ3) is 5.90. The molecule has 1 aliphatic carbocycles. The van der Waals surface area contributed by atoms with Crippen molar-refractivity contribution in [2.24, 2.45) is 4.99 Å². The number of thiophene rings is 1. The quantitative estimate of drug-likeness (QED) is 0.164. The van der Waals surface area contributed by atoms with E-state index in [0.717, 1.165) is 38.1 Å². The molecule has 2 aliphatic rings. The topological polar surface area (TPSA) is 31.4 Å². The second-order valence-corrected chi connectivity index (χ2v) is 18.3. The van der Waals surface area contributed by atoms with Crippen molar-refractivity contribution < 1.29 is 4.74 Å². The predicted octanol–water partition coefficient (Wildman–Crippen LogP) is 15.4. The molecule has 1 aliphatic heterocycles. The zero-order valence-corrected chi connectivity index (χ0v) is 36.2. The Balaban J connectivity index is 0.998. The highest BCUT2D eigenvalue weighted by molar-refractivity contribution is 9.10. The molecule has 0 saturated carbocycles. The second-order valence-electron chi connectivity index (χ2n) is 16.4. The largest absolute Gasteiger partial charge is 0.467 e. The summed E-state index contributed by atoms with van der Waals surface area (Å²) >= 11 is 5.70. The number of aromatic nitrogens is 2. The molecule has 0 amide bonds. The normalized spacial score (nSPS) is 16.0. The van der Waals surface area contributed by atoms with E-state index in [2.05, 4.69) is 213 Å². The van der Waals surface area contributed by atoms with Crippen LogP contribution < -0.4 is 0 Å². The van der Waals surface area contributed by atoms with E-state index in [1.165, 1.54) is 69.6 Å². The minimum atomic E-state index is -0.108. The molecule has 63 heavy (non-hydrogen) atoms. The Hall–Kier alpha value is -7.25. The first-order valence-electron chi connectivity index (χ1n) is 21.3. The summed E-state index contributed by atoms with van der Waals surface area (Å²) in [5, 5.41) is 6.21. The van der Waals surface area contributed by atoms with Gasteiger partial charge in [-0.3, -0.25) is 0 Å². The van der Waals surface area contributed by atoms with Crippen LogP contribution in [0.15, 0.2) is 216 Å². The van der Waals surface area contributed by atoms with Gasteiger partial charge in [-0.1, -0.05) is 137 Å². The standard InChI is InChI=1S/C57H36BrN3OS/c58-49-19-8-7-15-42(49)47-17-9-18-48-46-27-24-40(34-55(46)63-56(47)48)61-52-32-37(36-23-28-54-50(31-36)59-57(62-54)35-11-3-1-4-12-35)21-25-43(52)44-26-22-38(33-53(44)61)41-16-10-20-51-45(41)29-30-60(51)39-13-5-2-6-14-39/h1-34,50,54H. The number of aliphatic imine (C=N–C) groups is 1. The van der Waals surface area contributed by atoms with Crippen LogP contribution in [0.4, 0.5) is 0 Å². The van der Waals surface area contributed by atoms with Crippen LogP contribution >= 0.6 is 27.3 Å². The molecule has 4 nitrogen and oxygen atoms in total. The summed E-state index contributed by atoms with van der Waals surface area (Å²) in [4.78, 5) is 5.03. The summed E-state index contributed by atoms with van der Waals surface area (Å²) < 4.78 is 14.7. The predicted molar refractivity (Wildman–Crippen MR) is 268 cm³/mol. The molecular formula is C57H36BrN3OS. The van der Waals surface area contributed by atoms with Crippen molar-refractivity contribution in [1.82, 2.24) is 9.13 Å². The molecule has 0 spiro atoms. The number of nitrogens with zero attached hydrogens (tertiary/aromatic N) is 3. The van der Waals surface area contributed by atoms with Crippen LogP contribution in [0.5, 0.6) is 0 Å². The lowest BCUT2D eigenvalue weighted by molar-refractivity contribution is 0.255. The van der Waals surface area contributed by atoms with E-state index in [1.54, 1.807) is 0 Å². The van der Waals surface area contributed by atoms with Crippen molar-refractivity contribution in [3.63, 3.8) is 0 Å². The number of rotatable bonds is 6. The van der Waals surface area contributed by atoms with Crippen molar-refractivity contribution in [2.75, 3.05) is 0 Å². The van der Waals surface area contributed by atoms with Crippen LogP contribution in [-0.2, 0) is 4.74 Å². The zero-order chi connectivity index (χ0) is 41.6. The Labute approximate surface area is 376 Å². The Bertz CT molecular complexity index is 3740. The van der Waals surface area contributed by atoms with Crippen LogP contribution in [-0.4, -0.2) is 27.2 Å². The molecule has 298 valence electrons. The number of halogens is 1. The third-order valence-corrected chi connectivity index (χ3v) is 14.7. The van der Waals surface area contributed by atoms with E-state index in [0.29, 0.717) is 5.90 Å².